The number of rotatable bonds is 6. The van der Waals surface area contributed by atoms with Crippen molar-refractivity contribution >= 4 is 15.9 Å². The molecule has 27 heavy (non-hydrogen) atoms. The number of nitrogens with zero attached hydrogens (tertiary/aromatic N) is 1. The molecule has 2 aromatic rings. The van der Waals surface area contributed by atoms with Crippen LogP contribution < -0.4 is 10.2 Å². The third-order valence-corrected chi connectivity index (χ3v) is 6.57. The Morgan fingerprint density at radius 1 is 1.26 bits per heavy atom. The molecular formula is C18H23FN3O4S+. The second-order valence-electron chi connectivity index (χ2n) is 6.57. The largest absolute Gasteiger partial charge is 0.467 e. The van der Waals surface area contributed by atoms with E-state index in [1.54, 1.807) is 18.4 Å². The van der Waals surface area contributed by atoms with E-state index in [0.717, 1.165) is 11.0 Å². The summed E-state index contributed by atoms with van der Waals surface area (Å²) < 4.78 is 45.6. The molecule has 1 aliphatic rings. The molecule has 0 saturated carbocycles. The van der Waals surface area contributed by atoms with Gasteiger partial charge < -0.3 is 14.6 Å². The zero-order valence-corrected chi connectivity index (χ0v) is 15.8. The Kier molecular flexibility index (Phi) is 5.93. The van der Waals surface area contributed by atoms with Gasteiger partial charge in [0.25, 0.3) is 5.91 Å². The molecule has 1 aliphatic heterocycles. The van der Waals surface area contributed by atoms with E-state index < -0.39 is 15.8 Å². The van der Waals surface area contributed by atoms with E-state index in [1.165, 1.54) is 22.5 Å². The molecule has 1 aromatic heterocycles. The van der Waals surface area contributed by atoms with E-state index in [-0.39, 0.29) is 36.5 Å². The molecule has 1 saturated heterocycles. The first-order valence-corrected chi connectivity index (χ1v) is 10.2. The van der Waals surface area contributed by atoms with Crippen LogP contribution in [-0.4, -0.2) is 51.4 Å². The molecule has 1 aromatic carbocycles. The van der Waals surface area contributed by atoms with Crippen molar-refractivity contribution in [1.82, 2.24) is 9.62 Å². The third-order valence-electron chi connectivity index (χ3n) is 4.64. The molecule has 2 N–H and O–H groups in total. The van der Waals surface area contributed by atoms with Crippen LogP contribution in [0.4, 0.5) is 4.39 Å². The van der Waals surface area contributed by atoms with Crippen molar-refractivity contribution in [3.63, 3.8) is 0 Å². The van der Waals surface area contributed by atoms with Crippen LogP contribution in [0.1, 0.15) is 18.7 Å². The summed E-state index contributed by atoms with van der Waals surface area (Å²) in [5.41, 5.74) is 0. The Balaban J connectivity index is 1.53. The van der Waals surface area contributed by atoms with Crippen molar-refractivity contribution < 1.29 is 26.9 Å². The first kappa shape index (κ1) is 19.5. The van der Waals surface area contributed by atoms with Gasteiger partial charge in [-0.15, -0.1) is 0 Å². The molecule has 1 atom stereocenters. The van der Waals surface area contributed by atoms with Crippen LogP contribution in [0.2, 0.25) is 0 Å². The predicted molar refractivity (Wildman–Crippen MR) is 96.0 cm³/mol. The van der Waals surface area contributed by atoms with Crippen molar-refractivity contribution in [3.8, 4) is 0 Å². The van der Waals surface area contributed by atoms with Crippen molar-refractivity contribution in [2.45, 2.75) is 17.9 Å². The van der Waals surface area contributed by atoms with E-state index in [0.29, 0.717) is 18.8 Å². The SMILES string of the molecule is C[C@H](NC(=O)C[NH+]1CCN(S(=O)(=O)c2ccccc2F)CC1)c1ccco1. The number of hydrogen-bond donors (Lipinski definition) is 2. The van der Waals surface area contributed by atoms with Gasteiger partial charge in [0, 0.05) is 0 Å². The molecule has 0 radical (unpaired) electrons. The molecule has 0 bridgehead atoms. The third kappa shape index (κ3) is 4.55. The summed E-state index contributed by atoms with van der Waals surface area (Å²) in [6.07, 6.45) is 1.55. The summed E-state index contributed by atoms with van der Waals surface area (Å²) in [6.45, 7) is 3.54. The lowest BCUT2D eigenvalue weighted by molar-refractivity contribution is -0.895. The fourth-order valence-corrected chi connectivity index (χ4v) is 4.65. The van der Waals surface area contributed by atoms with Crippen molar-refractivity contribution in [2.24, 2.45) is 0 Å². The minimum atomic E-state index is -3.86. The first-order valence-electron chi connectivity index (χ1n) is 8.79. The number of piperazine rings is 1. The second kappa shape index (κ2) is 8.20. The fraction of sp³-hybridized carbons (Fsp3) is 0.389. The molecule has 0 unspecified atom stereocenters. The van der Waals surface area contributed by atoms with Crippen molar-refractivity contribution in [1.29, 1.82) is 0 Å². The lowest BCUT2D eigenvalue weighted by Crippen LogP contribution is -3.15. The maximum Gasteiger partial charge on any atom is 0.275 e. The maximum absolute atomic E-state index is 13.9. The van der Waals surface area contributed by atoms with Crippen molar-refractivity contribution in [2.75, 3.05) is 32.7 Å². The quantitative estimate of drug-likeness (QED) is 0.730. The monoisotopic (exact) mass is 396 g/mol. The van der Waals surface area contributed by atoms with Crippen LogP contribution in [-0.2, 0) is 14.8 Å². The highest BCUT2D eigenvalue weighted by Crippen LogP contribution is 2.18. The van der Waals surface area contributed by atoms with E-state index in [2.05, 4.69) is 5.32 Å². The van der Waals surface area contributed by atoms with Gasteiger partial charge in [0.2, 0.25) is 10.0 Å². The zero-order chi connectivity index (χ0) is 19.4. The van der Waals surface area contributed by atoms with Gasteiger partial charge in [-0.25, -0.2) is 12.8 Å². The number of quaternary nitrogens is 1. The first-order chi connectivity index (χ1) is 12.9. The molecule has 0 aliphatic carbocycles. The van der Waals surface area contributed by atoms with Crippen LogP contribution in [0.25, 0.3) is 0 Å². The molecule has 2 heterocycles. The van der Waals surface area contributed by atoms with Gasteiger partial charge in [-0.3, -0.25) is 4.79 Å². The van der Waals surface area contributed by atoms with Crippen LogP contribution in [0.5, 0.6) is 0 Å². The summed E-state index contributed by atoms with van der Waals surface area (Å²) in [5.74, 6) is -0.197. The molecule has 0 spiro atoms. The number of hydrogen-bond acceptors (Lipinski definition) is 4. The Morgan fingerprint density at radius 3 is 2.59 bits per heavy atom. The summed E-state index contributed by atoms with van der Waals surface area (Å²) in [7, 11) is -3.86. The molecule has 7 nitrogen and oxygen atoms in total. The topological polar surface area (TPSA) is 84.1 Å². The second-order valence-corrected chi connectivity index (χ2v) is 8.47. The van der Waals surface area contributed by atoms with Crippen LogP contribution in [0.3, 0.4) is 0 Å². The fourth-order valence-electron chi connectivity index (χ4n) is 3.14. The van der Waals surface area contributed by atoms with Gasteiger partial charge in [0.1, 0.15) is 16.5 Å². The number of carbonyl (C=O) groups is 1. The van der Waals surface area contributed by atoms with E-state index in [9.17, 15) is 17.6 Å². The number of sulfonamides is 1. The van der Waals surface area contributed by atoms with Gasteiger partial charge in [0.15, 0.2) is 6.54 Å². The molecule has 146 valence electrons. The maximum atomic E-state index is 13.9. The highest BCUT2D eigenvalue weighted by molar-refractivity contribution is 7.89. The van der Waals surface area contributed by atoms with Crippen LogP contribution in [0, 0.1) is 5.82 Å². The highest BCUT2D eigenvalue weighted by atomic mass is 32.2. The summed E-state index contributed by atoms with van der Waals surface area (Å²) in [4.78, 5) is 12.9. The van der Waals surface area contributed by atoms with E-state index >= 15 is 0 Å². The molecule has 3 rings (SSSR count). The predicted octanol–water partition coefficient (Wildman–Crippen LogP) is 0.185. The Bertz CT molecular complexity index is 878. The number of amides is 1. The average Bonchev–Trinajstić information content (AvgIpc) is 3.17. The van der Waals surface area contributed by atoms with Crippen LogP contribution >= 0.6 is 0 Å². The molecule has 1 amide bonds. The highest BCUT2D eigenvalue weighted by Gasteiger charge is 2.32. The number of halogens is 1. The summed E-state index contributed by atoms with van der Waals surface area (Å²) >= 11 is 0. The molecule has 9 heteroatoms. The number of benzene rings is 1. The van der Waals surface area contributed by atoms with Gasteiger partial charge in [-0.2, -0.15) is 4.31 Å². The lowest BCUT2D eigenvalue weighted by Gasteiger charge is -2.31. The number of nitrogens with one attached hydrogen (secondary N) is 2. The van der Waals surface area contributed by atoms with Gasteiger partial charge in [-0.1, -0.05) is 12.1 Å². The normalized spacial score (nSPS) is 17.6. The molecular weight excluding hydrogens is 373 g/mol. The Labute approximate surface area is 157 Å². The lowest BCUT2D eigenvalue weighted by atomic mass is 10.2. The summed E-state index contributed by atoms with van der Waals surface area (Å²) in [6, 6.07) is 8.70. The van der Waals surface area contributed by atoms with Crippen molar-refractivity contribution in [3.05, 3.63) is 54.2 Å². The van der Waals surface area contributed by atoms with Gasteiger partial charge >= 0.3 is 0 Å². The Hall–Kier alpha value is -2.23. The summed E-state index contributed by atoms with van der Waals surface area (Å²) in [5, 5.41) is 2.87. The smallest absolute Gasteiger partial charge is 0.275 e. The minimum Gasteiger partial charge on any atom is -0.467 e. The van der Waals surface area contributed by atoms with Gasteiger partial charge in [0.05, 0.1) is 38.5 Å². The number of furan rings is 1. The average molecular weight is 396 g/mol. The standard InChI is InChI=1S/C18H22FN3O4S/c1-14(16-6-4-12-26-16)20-18(23)13-21-8-10-22(11-9-21)27(24,25)17-7-3-2-5-15(17)19/h2-7,12,14H,8-11,13H2,1H3,(H,20,23)/p+1/t14-/m0/s1. The van der Waals surface area contributed by atoms with E-state index in [4.69, 9.17) is 4.42 Å². The number of carbonyl (C=O) groups excluding carboxylic acids is 1. The zero-order valence-electron chi connectivity index (χ0n) is 15.0. The minimum absolute atomic E-state index is 0.126. The van der Waals surface area contributed by atoms with E-state index in [1.807, 2.05) is 6.92 Å². The Morgan fingerprint density at radius 2 is 1.96 bits per heavy atom. The molecule has 1 fully saturated rings. The van der Waals surface area contributed by atoms with Gasteiger partial charge in [-0.05, 0) is 31.2 Å². The van der Waals surface area contributed by atoms with Crippen LogP contribution in [0.15, 0.2) is 52.0 Å².